The Morgan fingerprint density at radius 2 is 2.24 bits per heavy atom. The normalized spacial score (nSPS) is 24.1. The Labute approximate surface area is 104 Å². The Kier molecular flexibility index (Phi) is 5.85. The van der Waals surface area contributed by atoms with Crippen molar-refractivity contribution in [2.24, 2.45) is 0 Å². The lowest BCUT2D eigenvalue weighted by atomic mass is 10.1. The number of nitrogens with zero attached hydrogens (tertiary/aromatic N) is 1. The van der Waals surface area contributed by atoms with Gasteiger partial charge < -0.3 is 10.0 Å². The number of aliphatic hydroxyl groups excluding tert-OH is 1. The molecule has 1 rings (SSSR count). The molecule has 2 N–H and O–H groups in total. The minimum absolute atomic E-state index is 0.255. The summed E-state index contributed by atoms with van der Waals surface area (Å²) in [5.41, 5.74) is 0. The van der Waals surface area contributed by atoms with Crippen molar-refractivity contribution in [1.29, 1.82) is 0 Å². The van der Waals surface area contributed by atoms with E-state index in [-0.39, 0.29) is 6.10 Å². The van der Waals surface area contributed by atoms with E-state index in [0.29, 0.717) is 12.6 Å². The molecule has 1 saturated heterocycles. The van der Waals surface area contributed by atoms with Crippen LogP contribution in [0.1, 0.15) is 32.6 Å². The van der Waals surface area contributed by atoms with Gasteiger partial charge in [-0.1, -0.05) is 0 Å². The van der Waals surface area contributed by atoms with Crippen molar-refractivity contribution in [3.8, 4) is 0 Å². The summed E-state index contributed by atoms with van der Waals surface area (Å²) < 4.78 is 24.3. The van der Waals surface area contributed by atoms with Crippen molar-refractivity contribution in [2.75, 3.05) is 25.9 Å². The Morgan fingerprint density at radius 3 is 2.82 bits per heavy atom. The zero-order chi connectivity index (χ0) is 12.9. The fourth-order valence-corrected chi connectivity index (χ4v) is 2.91. The second-order valence-electron chi connectivity index (χ2n) is 4.94. The van der Waals surface area contributed by atoms with Crippen molar-refractivity contribution in [1.82, 2.24) is 9.62 Å². The van der Waals surface area contributed by atoms with E-state index in [2.05, 4.69) is 9.62 Å². The number of likely N-dealkylation sites (tertiary alicyclic amines) is 1. The van der Waals surface area contributed by atoms with Crippen molar-refractivity contribution in [3.63, 3.8) is 0 Å². The van der Waals surface area contributed by atoms with E-state index in [9.17, 15) is 13.5 Å². The maximum Gasteiger partial charge on any atom is 0.208 e. The van der Waals surface area contributed by atoms with Gasteiger partial charge in [0.15, 0.2) is 0 Å². The minimum Gasteiger partial charge on any atom is -0.393 e. The van der Waals surface area contributed by atoms with Gasteiger partial charge in [-0.3, -0.25) is 0 Å². The first-order valence-corrected chi connectivity index (χ1v) is 8.14. The third-order valence-corrected chi connectivity index (χ3v) is 3.83. The zero-order valence-corrected chi connectivity index (χ0v) is 11.5. The molecule has 0 radical (unpaired) electrons. The first kappa shape index (κ1) is 14.9. The number of aliphatic hydroxyl groups is 1. The summed E-state index contributed by atoms with van der Waals surface area (Å²) in [5, 5.41) is 9.39. The molecule has 17 heavy (non-hydrogen) atoms. The van der Waals surface area contributed by atoms with Crippen LogP contribution in [0.4, 0.5) is 0 Å². The molecular formula is C11H24N2O3S. The summed E-state index contributed by atoms with van der Waals surface area (Å²) in [6.07, 6.45) is 4.89. The molecule has 1 heterocycles. The van der Waals surface area contributed by atoms with Crippen LogP contribution in [-0.2, 0) is 10.0 Å². The third kappa shape index (κ3) is 6.35. The maximum atomic E-state index is 10.9. The molecule has 0 aromatic rings. The number of rotatable bonds is 7. The molecule has 0 amide bonds. The van der Waals surface area contributed by atoms with Crippen LogP contribution in [0.25, 0.3) is 0 Å². The van der Waals surface area contributed by atoms with E-state index in [0.717, 1.165) is 32.4 Å². The van der Waals surface area contributed by atoms with Gasteiger partial charge in [0.2, 0.25) is 10.0 Å². The fraction of sp³-hybridized carbons (Fsp3) is 1.00. The molecule has 0 aromatic heterocycles. The van der Waals surface area contributed by atoms with Crippen molar-refractivity contribution in [2.45, 2.75) is 44.8 Å². The molecule has 0 aliphatic carbocycles. The summed E-state index contributed by atoms with van der Waals surface area (Å²) in [6, 6.07) is 0.466. The fourth-order valence-electron chi connectivity index (χ4n) is 2.39. The van der Waals surface area contributed by atoms with Crippen LogP contribution < -0.4 is 4.72 Å². The first-order valence-electron chi connectivity index (χ1n) is 6.25. The Morgan fingerprint density at radius 1 is 1.53 bits per heavy atom. The average Bonchev–Trinajstić information content (AvgIpc) is 2.58. The lowest BCUT2D eigenvalue weighted by Crippen LogP contribution is -2.34. The van der Waals surface area contributed by atoms with Crippen molar-refractivity contribution < 1.29 is 13.5 Å². The predicted molar refractivity (Wildman–Crippen MR) is 68.4 cm³/mol. The number of nitrogens with one attached hydrogen (secondary N) is 1. The van der Waals surface area contributed by atoms with E-state index in [1.807, 2.05) is 6.92 Å². The van der Waals surface area contributed by atoms with Gasteiger partial charge in [-0.25, -0.2) is 13.1 Å². The molecule has 0 spiro atoms. The van der Waals surface area contributed by atoms with E-state index in [4.69, 9.17) is 0 Å². The van der Waals surface area contributed by atoms with E-state index >= 15 is 0 Å². The first-order chi connectivity index (χ1) is 7.88. The van der Waals surface area contributed by atoms with Crippen molar-refractivity contribution in [3.05, 3.63) is 0 Å². The molecule has 5 nitrogen and oxygen atoms in total. The number of hydrogen-bond acceptors (Lipinski definition) is 4. The highest BCUT2D eigenvalue weighted by atomic mass is 32.2. The number of sulfonamides is 1. The molecule has 0 aromatic carbocycles. The standard InChI is InChI=1S/C11H24N2O3S/c1-10(14)9-11-5-3-7-13(11)8-4-6-12-17(2,15)16/h10-12,14H,3-9H2,1-2H3. The molecule has 1 aliphatic rings. The van der Waals surface area contributed by atoms with Gasteiger partial charge in [-0.05, 0) is 45.7 Å². The summed E-state index contributed by atoms with van der Waals surface area (Å²) in [7, 11) is -3.06. The van der Waals surface area contributed by atoms with Crippen LogP contribution in [0.2, 0.25) is 0 Å². The number of hydrogen-bond donors (Lipinski definition) is 2. The predicted octanol–water partition coefficient (Wildman–Crippen LogP) is 0.161. The smallest absolute Gasteiger partial charge is 0.208 e. The van der Waals surface area contributed by atoms with Crippen LogP contribution in [0.15, 0.2) is 0 Å². The summed E-state index contributed by atoms with van der Waals surface area (Å²) in [5.74, 6) is 0. The van der Waals surface area contributed by atoms with Crippen LogP contribution in [-0.4, -0.2) is 56.5 Å². The highest BCUT2D eigenvalue weighted by Gasteiger charge is 2.24. The van der Waals surface area contributed by atoms with E-state index in [1.54, 1.807) is 0 Å². The minimum atomic E-state index is -3.06. The van der Waals surface area contributed by atoms with Crippen LogP contribution in [0.5, 0.6) is 0 Å². The average molecular weight is 264 g/mol. The van der Waals surface area contributed by atoms with Gasteiger partial charge in [0.1, 0.15) is 0 Å². The second-order valence-corrected chi connectivity index (χ2v) is 6.77. The lowest BCUT2D eigenvalue weighted by Gasteiger charge is -2.25. The Balaban J connectivity index is 2.21. The topological polar surface area (TPSA) is 69.6 Å². The third-order valence-electron chi connectivity index (χ3n) is 3.10. The van der Waals surface area contributed by atoms with Gasteiger partial charge in [0.25, 0.3) is 0 Å². The van der Waals surface area contributed by atoms with Gasteiger partial charge in [-0.15, -0.1) is 0 Å². The molecule has 102 valence electrons. The maximum absolute atomic E-state index is 10.9. The molecule has 2 atom stereocenters. The quantitative estimate of drug-likeness (QED) is 0.643. The molecule has 6 heteroatoms. The second kappa shape index (κ2) is 6.68. The summed E-state index contributed by atoms with van der Waals surface area (Å²) in [4.78, 5) is 2.36. The van der Waals surface area contributed by atoms with Gasteiger partial charge in [-0.2, -0.15) is 0 Å². The highest BCUT2D eigenvalue weighted by Crippen LogP contribution is 2.21. The lowest BCUT2D eigenvalue weighted by molar-refractivity contribution is 0.133. The molecule has 0 bridgehead atoms. The van der Waals surface area contributed by atoms with Crippen LogP contribution in [0.3, 0.4) is 0 Å². The summed E-state index contributed by atoms with van der Waals surface area (Å²) in [6.45, 7) is 4.29. The Bertz CT molecular complexity index is 317. The van der Waals surface area contributed by atoms with E-state index < -0.39 is 10.0 Å². The molecule has 1 fully saturated rings. The van der Waals surface area contributed by atoms with Gasteiger partial charge >= 0.3 is 0 Å². The Hall–Kier alpha value is -0.170. The van der Waals surface area contributed by atoms with Crippen LogP contribution in [0, 0.1) is 0 Å². The largest absolute Gasteiger partial charge is 0.393 e. The SMILES string of the molecule is CC(O)CC1CCCN1CCCNS(C)(=O)=O. The molecule has 2 unspecified atom stereocenters. The summed E-state index contributed by atoms with van der Waals surface area (Å²) >= 11 is 0. The van der Waals surface area contributed by atoms with Gasteiger partial charge in [0, 0.05) is 12.6 Å². The van der Waals surface area contributed by atoms with Crippen molar-refractivity contribution >= 4 is 10.0 Å². The monoisotopic (exact) mass is 264 g/mol. The zero-order valence-electron chi connectivity index (χ0n) is 10.7. The van der Waals surface area contributed by atoms with Crippen LogP contribution >= 0.6 is 0 Å². The van der Waals surface area contributed by atoms with Gasteiger partial charge in [0.05, 0.1) is 12.4 Å². The molecular weight excluding hydrogens is 240 g/mol. The van der Waals surface area contributed by atoms with E-state index in [1.165, 1.54) is 12.7 Å². The highest BCUT2D eigenvalue weighted by molar-refractivity contribution is 7.88. The molecule has 1 aliphatic heterocycles. The molecule has 0 saturated carbocycles.